The van der Waals surface area contributed by atoms with Crippen molar-refractivity contribution in [1.82, 2.24) is 10.6 Å². The Morgan fingerprint density at radius 1 is 1.28 bits per heavy atom. The van der Waals surface area contributed by atoms with Gasteiger partial charge in [-0.3, -0.25) is 4.79 Å². The first kappa shape index (κ1) is 13.8. The Kier molecular flexibility index (Phi) is 4.97. The molecule has 5 heteroatoms. The van der Waals surface area contributed by atoms with Gasteiger partial charge in [-0.05, 0) is 31.6 Å². The van der Waals surface area contributed by atoms with E-state index in [9.17, 15) is 9.90 Å². The van der Waals surface area contributed by atoms with Crippen LogP contribution in [0.3, 0.4) is 0 Å². The van der Waals surface area contributed by atoms with Crippen molar-refractivity contribution in [3.8, 4) is 0 Å². The second kappa shape index (κ2) is 6.50. The van der Waals surface area contributed by atoms with Crippen molar-refractivity contribution >= 4 is 5.91 Å². The monoisotopic (exact) mass is 256 g/mol. The van der Waals surface area contributed by atoms with Crippen LogP contribution in [0.1, 0.15) is 38.5 Å². The number of rotatable bonds is 4. The number of piperidine rings is 1. The van der Waals surface area contributed by atoms with Gasteiger partial charge in [0.25, 0.3) is 0 Å². The fourth-order valence-corrected chi connectivity index (χ4v) is 3.11. The Morgan fingerprint density at radius 3 is 2.83 bits per heavy atom. The van der Waals surface area contributed by atoms with Gasteiger partial charge in [0.15, 0.2) is 0 Å². The summed E-state index contributed by atoms with van der Waals surface area (Å²) in [5.74, 6) is 0.692. The van der Waals surface area contributed by atoms with Crippen LogP contribution in [-0.2, 0) is 4.79 Å². The van der Waals surface area contributed by atoms with E-state index >= 15 is 0 Å². The summed E-state index contributed by atoms with van der Waals surface area (Å²) < 4.78 is 0. The zero-order chi connectivity index (χ0) is 13.0. The van der Waals surface area contributed by atoms with Crippen molar-refractivity contribution in [2.45, 2.75) is 56.7 Å². The van der Waals surface area contributed by atoms with Gasteiger partial charge >= 0.3 is 0 Å². The van der Waals surface area contributed by atoms with E-state index in [1.165, 1.54) is 25.7 Å². The minimum atomic E-state index is -0.861. The molecular formula is C13H24N2O3. The molecule has 0 aromatic rings. The lowest BCUT2D eigenvalue weighted by Crippen LogP contribution is -2.55. The lowest BCUT2D eigenvalue weighted by atomic mass is 9.77. The third-order valence-corrected chi connectivity index (χ3v) is 4.19. The van der Waals surface area contributed by atoms with Crippen LogP contribution < -0.4 is 10.6 Å². The van der Waals surface area contributed by atoms with E-state index in [2.05, 4.69) is 10.6 Å². The quantitative estimate of drug-likeness (QED) is 0.560. The minimum Gasteiger partial charge on any atom is -0.394 e. The molecule has 2 aliphatic rings. The maximum Gasteiger partial charge on any atom is 0.237 e. The lowest BCUT2D eigenvalue weighted by molar-refractivity contribution is -0.125. The Balaban J connectivity index is 1.77. The van der Waals surface area contributed by atoms with Gasteiger partial charge in [0, 0.05) is 12.6 Å². The van der Waals surface area contributed by atoms with E-state index in [1.54, 1.807) is 0 Å². The number of carbonyl (C=O) groups excluding carboxylic acids is 1. The van der Waals surface area contributed by atoms with Crippen LogP contribution >= 0.6 is 0 Å². The highest BCUT2D eigenvalue weighted by atomic mass is 16.3. The number of fused-ring (bicyclic) bond motifs is 1. The zero-order valence-electron chi connectivity index (χ0n) is 10.8. The van der Waals surface area contributed by atoms with Gasteiger partial charge in [-0.15, -0.1) is 0 Å². The van der Waals surface area contributed by atoms with Gasteiger partial charge in [0.05, 0.1) is 18.8 Å². The molecule has 5 nitrogen and oxygen atoms in total. The van der Waals surface area contributed by atoms with E-state index in [0.717, 1.165) is 18.8 Å². The number of amides is 1. The lowest BCUT2D eigenvalue weighted by Gasteiger charge is -2.39. The number of hydrogen-bond donors (Lipinski definition) is 4. The Bertz CT molecular complexity index is 285. The van der Waals surface area contributed by atoms with Crippen LogP contribution in [0, 0.1) is 5.92 Å². The summed E-state index contributed by atoms with van der Waals surface area (Å²) >= 11 is 0. The third-order valence-electron chi connectivity index (χ3n) is 4.19. The van der Waals surface area contributed by atoms with Crippen LogP contribution in [-0.4, -0.2) is 47.5 Å². The zero-order valence-corrected chi connectivity index (χ0v) is 10.8. The van der Waals surface area contributed by atoms with Gasteiger partial charge in [-0.25, -0.2) is 0 Å². The number of carbonyl (C=O) groups is 1. The molecule has 0 aromatic heterocycles. The average molecular weight is 256 g/mol. The van der Waals surface area contributed by atoms with E-state index in [0.29, 0.717) is 6.04 Å². The summed E-state index contributed by atoms with van der Waals surface area (Å²) in [6.45, 7) is -0.190. The average Bonchev–Trinajstić information content (AvgIpc) is 2.43. The maximum atomic E-state index is 11.9. The van der Waals surface area contributed by atoms with Crippen LogP contribution in [0.2, 0.25) is 0 Å². The summed E-state index contributed by atoms with van der Waals surface area (Å²) in [5, 5.41) is 24.0. The summed E-state index contributed by atoms with van der Waals surface area (Å²) in [6, 6.07) is 0.362. The van der Waals surface area contributed by atoms with E-state index in [-0.39, 0.29) is 25.1 Å². The van der Waals surface area contributed by atoms with Crippen molar-refractivity contribution in [3.05, 3.63) is 0 Å². The maximum absolute atomic E-state index is 11.9. The normalized spacial score (nSPS) is 33.6. The number of hydrogen-bond acceptors (Lipinski definition) is 4. The molecular weight excluding hydrogens is 232 g/mol. The molecule has 0 bridgehead atoms. The van der Waals surface area contributed by atoms with Crippen LogP contribution in [0.15, 0.2) is 0 Å². The number of aliphatic hydroxyl groups excluding tert-OH is 2. The summed E-state index contributed by atoms with van der Waals surface area (Å²) in [7, 11) is 0. The largest absolute Gasteiger partial charge is 0.394 e. The second-order valence-corrected chi connectivity index (χ2v) is 5.53. The van der Waals surface area contributed by atoms with E-state index < -0.39 is 6.10 Å². The van der Waals surface area contributed by atoms with Crippen LogP contribution in [0.4, 0.5) is 0 Å². The molecule has 0 spiro atoms. The van der Waals surface area contributed by atoms with Crippen molar-refractivity contribution in [3.63, 3.8) is 0 Å². The molecule has 0 aromatic carbocycles. The molecule has 2 rings (SSSR count). The molecule has 0 radical (unpaired) electrons. The Morgan fingerprint density at radius 2 is 2.06 bits per heavy atom. The van der Waals surface area contributed by atoms with E-state index in [4.69, 9.17) is 5.11 Å². The molecule has 4 N–H and O–H groups in total. The molecule has 4 atom stereocenters. The van der Waals surface area contributed by atoms with Gasteiger partial charge in [0.1, 0.15) is 0 Å². The molecule has 18 heavy (non-hydrogen) atoms. The number of nitrogens with one attached hydrogen (secondary N) is 2. The van der Waals surface area contributed by atoms with Gasteiger partial charge in [0.2, 0.25) is 5.91 Å². The molecule has 1 aliphatic heterocycles. The van der Waals surface area contributed by atoms with Crippen molar-refractivity contribution in [1.29, 1.82) is 0 Å². The molecule has 1 amide bonds. The molecule has 2 fully saturated rings. The van der Waals surface area contributed by atoms with E-state index in [1.807, 2.05) is 0 Å². The summed E-state index contributed by atoms with van der Waals surface area (Å²) in [6.07, 6.45) is 6.18. The topological polar surface area (TPSA) is 81.6 Å². The van der Waals surface area contributed by atoms with Crippen LogP contribution in [0.5, 0.6) is 0 Å². The Labute approximate surface area is 108 Å². The first-order valence-electron chi connectivity index (χ1n) is 7.03. The second-order valence-electron chi connectivity index (χ2n) is 5.53. The molecule has 1 saturated heterocycles. The first-order chi connectivity index (χ1) is 8.70. The van der Waals surface area contributed by atoms with Crippen molar-refractivity contribution in [2.24, 2.45) is 5.92 Å². The standard InChI is InChI=1S/C13H24N2O3/c16-8-10(17)7-14-13(18)12-6-5-9-3-1-2-4-11(9)15-12/h9-12,15-17H,1-8H2,(H,14,18). The first-order valence-corrected chi connectivity index (χ1v) is 7.03. The summed E-state index contributed by atoms with van der Waals surface area (Å²) in [5.41, 5.74) is 0. The minimum absolute atomic E-state index is 0.0495. The van der Waals surface area contributed by atoms with Crippen molar-refractivity contribution in [2.75, 3.05) is 13.2 Å². The molecule has 1 aliphatic carbocycles. The molecule has 4 unspecified atom stereocenters. The third kappa shape index (κ3) is 3.43. The molecule has 1 heterocycles. The smallest absolute Gasteiger partial charge is 0.237 e. The van der Waals surface area contributed by atoms with Gasteiger partial charge < -0.3 is 20.8 Å². The summed E-state index contributed by atoms with van der Waals surface area (Å²) in [4.78, 5) is 11.9. The molecule has 1 saturated carbocycles. The fraction of sp³-hybridized carbons (Fsp3) is 0.923. The van der Waals surface area contributed by atoms with Crippen LogP contribution in [0.25, 0.3) is 0 Å². The van der Waals surface area contributed by atoms with Crippen molar-refractivity contribution < 1.29 is 15.0 Å². The highest BCUT2D eigenvalue weighted by molar-refractivity contribution is 5.81. The SMILES string of the molecule is O=C(NCC(O)CO)C1CCC2CCCCC2N1. The number of aliphatic hydroxyl groups is 2. The Hall–Kier alpha value is -0.650. The highest BCUT2D eigenvalue weighted by Gasteiger charge is 2.34. The predicted octanol–water partition coefficient (Wildman–Crippen LogP) is -0.233. The van der Waals surface area contributed by atoms with Gasteiger partial charge in [-0.1, -0.05) is 12.8 Å². The fourth-order valence-electron chi connectivity index (χ4n) is 3.11. The predicted molar refractivity (Wildman–Crippen MR) is 68.0 cm³/mol. The highest BCUT2D eigenvalue weighted by Crippen LogP contribution is 2.32. The van der Waals surface area contributed by atoms with Gasteiger partial charge in [-0.2, -0.15) is 0 Å². The molecule has 104 valence electrons.